The van der Waals surface area contributed by atoms with E-state index in [4.69, 9.17) is 0 Å². The van der Waals surface area contributed by atoms with Crippen molar-refractivity contribution in [2.45, 2.75) is 82.8 Å². The summed E-state index contributed by atoms with van der Waals surface area (Å²) in [6.07, 6.45) is 7.67. The van der Waals surface area contributed by atoms with Crippen LogP contribution in [0, 0.1) is 22.0 Å². The predicted molar refractivity (Wildman–Crippen MR) is 79.6 cm³/mol. The first-order valence-corrected chi connectivity index (χ1v) is 8.37. The van der Waals surface area contributed by atoms with Crippen LogP contribution in [0.1, 0.15) is 71.1 Å². The predicted octanol–water partition coefficient (Wildman–Crippen LogP) is 3.11. The van der Waals surface area contributed by atoms with E-state index in [0.29, 0.717) is 19.3 Å². The lowest BCUT2D eigenvalue weighted by Gasteiger charge is -2.40. The van der Waals surface area contributed by atoms with Gasteiger partial charge >= 0.3 is 0 Å². The van der Waals surface area contributed by atoms with Crippen LogP contribution in [-0.4, -0.2) is 27.5 Å². The molecule has 2 fully saturated rings. The zero-order valence-corrected chi connectivity index (χ0v) is 12.9. The topological polar surface area (TPSA) is 80.4 Å². The Morgan fingerprint density at radius 1 is 1.14 bits per heavy atom. The zero-order valence-electron chi connectivity index (χ0n) is 12.9. The van der Waals surface area contributed by atoms with Gasteiger partial charge in [0.2, 0.25) is 5.78 Å². The molecule has 0 aromatic rings. The number of nitro groups is 1. The van der Waals surface area contributed by atoms with Crippen molar-refractivity contribution < 1.29 is 14.8 Å². The van der Waals surface area contributed by atoms with Crippen LogP contribution in [0.25, 0.3) is 0 Å². The van der Waals surface area contributed by atoms with Gasteiger partial charge in [-0.05, 0) is 19.3 Å². The number of rotatable bonds is 1. The molecule has 0 amide bonds. The number of aliphatic hydroxyl groups is 1. The van der Waals surface area contributed by atoms with Crippen molar-refractivity contribution in [1.29, 1.82) is 0 Å². The summed E-state index contributed by atoms with van der Waals surface area (Å²) in [7, 11) is 0. The highest BCUT2D eigenvalue weighted by molar-refractivity contribution is 5.90. The Hall–Kier alpha value is -0.970. The van der Waals surface area contributed by atoms with Crippen LogP contribution in [0.4, 0.5) is 0 Å². The summed E-state index contributed by atoms with van der Waals surface area (Å²) in [4.78, 5) is 24.2. The Bertz CT molecular complexity index is 398. The van der Waals surface area contributed by atoms with Gasteiger partial charge in [-0.3, -0.25) is 14.9 Å². The summed E-state index contributed by atoms with van der Waals surface area (Å²) in [5.74, 6) is -1.22. The number of carbonyl (C=O) groups excluding carboxylic acids is 1. The van der Waals surface area contributed by atoms with E-state index >= 15 is 0 Å². The highest BCUT2D eigenvalue weighted by Crippen LogP contribution is 2.42. The molecule has 2 aliphatic rings. The average Bonchev–Trinajstić information content (AvgIpc) is 2.41. The van der Waals surface area contributed by atoms with Crippen molar-refractivity contribution in [1.82, 2.24) is 0 Å². The first kappa shape index (κ1) is 16.4. The fraction of sp³-hybridized carbons (Fsp3) is 0.938. The lowest BCUT2D eigenvalue weighted by molar-refractivity contribution is -0.566. The van der Waals surface area contributed by atoms with Gasteiger partial charge in [0.05, 0.1) is 12.0 Å². The quantitative estimate of drug-likeness (QED) is 0.595. The summed E-state index contributed by atoms with van der Waals surface area (Å²) in [5.41, 5.74) is -1.46. The van der Waals surface area contributed by atoms with E-state index < -0.39 is 17.6 Å². The average molecular weight is 297 g/mol. The van der Waals surface area contributed by atoms with Crippen LogP contribution >= 0.6 is 0 Å². The largest absolute Gasteiger partial charge is 0.392 e. The third-order valence-electron chi connectivity index (χ3n) is 5.54. The molecule has 1 N–H and O–H groups in total. The first-order valence-electron chi connectivity index (χ1n) is 8.37. The molecule has 2 rings (SSSR count). The molecule has 0 radical (unpaired) electrons. The molecule has 2 saturated carbocycles. The van der Waals surface area contributed by atoms with Crippen LogP contribution in [-0.2, 0) is 4.79 Å². The molecule has 2 bridgehead atoms. The molecule has 0 saturated heterocycles. The van der Waals surface area contributed by atoms with Gasteiger partial charge in [-0.2, -0.15) is 0 Å². The summed E-state index contributed by atoms with van der Waals surface area (Å²) >= 11 is 0. The van der Waals surface area contributed by atoms with Crippen molar-refractivity contribution in [3.05, 3.63) is 10.1 Å². The van der Waals surface area contributed by atoms with E-state index in [0.717, 1.165) is 38.5 Å². The van der Waals surface area contributed by atoms with Crippen molar-refractivity contribution >= 4 is 5.78 Å². The molecule has 0 heterocycles. The lowest BCUT2D eigenvalue weighted by atomic mass is 9.64. The van der Waals surface area contributed by atoms with Gasteiger partial charge < -0.3 is 5.11 Å². The number of hydrogen-bond acceptors (Lipinski definition) is 4. The molecule has 4 atom stereocenters. The van der Waals surface area contributed by atoms with Crippen molar-refractivity contribution in [2.75, 3.05) is 0 Å². The summed E-state index contributed by atoms with van der Waals surface area (Å²) in [5, 5.41) is 22.0. The maximum atomic E-state index is 12.8. The van der Waals surface area contributed by atoms with Gasteiger partial charge in [-0.25, -0.2) is 0 Å². The van der Waals surface area contributed by atoms with Crippen molar-refractivity contribution in [2.24, 2.45) is 11.8 Å². The maximum absolute atomic E-state index is 12.8. The van der Waals surface area contributed by atoms with Gasteiger partial charge in [0.25, 0.3) is 5.54 Å². The minimum absolute atomic E-state index is 0.306. The molecule has 0 unspecified atom stereocenters. The molecule has 5 nitrogen and oxygen atoms in total. The molecular formula is C16H27NO4. The van der Waals surface area contributed by atoms with Crippen LogP contribution in [0.15, 0.2) is 0 Å². The van der Waals surface area contributed by atoms with Crippen molar-refractivity contribution in [3.63, 3.8) is 0 Å². The molecule has 0 aliphatic heterocycles. The monoisotopic (exact) mass is 297 g/mol. The summed E-state index contributed by atoms with van der Waals surface area (Å²) < 4.78 is 0. The van der Waals surface area contributed by atoms with Gasteiger partial charge in [0.15, 0.2) is 0 Å². The summed E-state index contributed by atoms with van der Waals surface area (Å²) in [6.45, 7) is 1.76. The molecule has 120 valence electrons. The van der Waals surface area contributed by atoms with Gasteiger partial charge in [-0.1, -0.05) is 45.4 Å². The van der Waals surface area contributed by atoms with Crippen LogP contribution < -0.4 is 0 Å². The number of nitrogens with zero attached hydrogens (tertiary/aromatic N) is 1. The molecule has 21 heavy (non-hydrogen) atoms. The Morgan fingerprint density at radius 2 is 1.71 bits per heavy atom. The highest BCUT2D eigenvalue weighted by Gasteiger charge is 2.60. The van der Waals surface area contributed by atoms with Crippen LogP contribution in [0.3, 0.4) is 0 Å². The molecule has 0 aromatic heterocycles. The third-order valence-corrected chi connectivity index (χ3v) is 5.54. The minimum Gasteiger partial charge on any atom is -0.392 e. The second kappa shape index (κ2) is 6.86. The molecule has 2 aliphatic carbocycles. The van der Waals surface area contributed by atoms with Crippen LogP contribution in [0.2, 0.25) is 0 Å². The van der Waals surface area contributed by atoms with Gasteiger partial charge in [0, 0.05) is 17.3 Å². The highest BCUT2D eigenvalue weighted by atomic mass is 16.6. The molecule has 0 aromatic carbocycles. The Balaban J connectivity index is 2.29. The Morgan fingerprint density at radius 3 is 2.33 bits per heavy atom. The second-order valence-electron chi connectivity index (χ2n) is 6.87. The SMILES string of the molecule is C[C@H]1C[C@H](O)[C@@H]2CCCCCCCCC[C@]1([N+](=O)[O-])C2=O. The van der Waals surface area contributed by atoms with E-state index in [-0.39, 0.29) is 16.6 Å². The first-order chi connectivity index (χ1) is 10.00. The number of fused-ring (bicyclic) bond motifs is 2. The van der Waals surface area contributed by atoms with Crippen molar-refractivity contribution in [3.8, 4) is 0 Å². The lowest BCUT2D eigenvalue weighted by Crippen LogP contribution is -2.60. The van der Waals surface area contributed by atoms with E-state index in [2.05, 4.69) is 0 Å². The van der Waals surface area contributed by atoms with E-state index in [1.54, 1.807) is 6.92 Å². The second-order valence-corrected chi connectivity index (χ2v) is 6.87. The number of ketones is 1. The third kappa shape index (κ3) is 3.12. The molecular weight excluding hydrogens is 270 g/mol. The molecule has 5 heteroatoms. The van der Waals surface area contributed by atoms with Gasteiger partial charge in [-0.15, -0.1) is 0 Å². The smallest absolute Gasteiger partial charge is 0.282 e. The van der Waals surface area contributed by atoms with E-state index in [1.807, 2.05) is 0 Å². The number of hydrogen-bond donors (Lipinski definition) is 1. The Kier molecular flexibility index (Phi) is 5.36. The van der Waals surface area contributed by atoms with Crippen LogP contribution in [0.5, 0.6) is 0 Å². The zero-order chi connectivity index (χ0) is 15.5. The van der Waals surface area contributed by atoms with Gasteiger partial charge in [0.1, 0.15) is 0 Å². The number of aliphatic hydroxyl groups excluding tert-OH is 1. The Labute approximate surface area is 126 Å². The van der Waals surface area contributed by atoms with E-state index in [1.165, 1.54) is 6.42 Å². The normalized spacial score (nSPS) is 39.1. The fourth-order valence-electron chi connectivity index (χ4n) is 4.16. The molecule has 0 spiro atoms. The minimum atomic E-state index is -1.46. The maximum Gasteiger partial charge on any atom is 0.282 e. The number of Topliss-reactive ketones (excluding diaryl/α,β-unsaturated/α-hetero) is 1. The summed E-state index contributed by atoms with van der Waals surface area (Å²) in [6, 6.07) is 0. The fourth-order valence-corrected chi connectivity index (χ4v) is 4.16. The van der Waals surface area contributed by atoms with E-state index in [9.17, 15) is 20.0 Å². The number of carbonyl (C=O) groups is 1. The standard InChI is InChI=1S/C16H27NO4/c1-12-11-14(18)13-9-7-5-3-2-4-6-8-10-16(12,15(13)19)17(20)21/h12-14,18H,2-11H2,1H3/t12-,13-,14-,16+/m0/s1.